The Labute approximate surface area is 110 Å². The molecular formula is C13H11N2O3S. The lowest BCUT2D eigenvalue weighted by molar-refractivity contribution is 0.100. The van der Waals surface area contributed by atoms with Crippen LogP contribution in [0.2, 0.25) is 0 Å². The summed E-state index contributed by atoms with van der Waals surface area (Å²) in [4.78, 5) is 11.0. The molecule has 2 aromatic carbocycles. The fourth-order valence-corrected chi connectivity index (χ4v) is 2.14. The second kappa shape index (κ2) is 4.83. The minimum atomic E-state index is -3.75. The average molecular weight is 275 g/mol. The minimum absolute atomic E-state index is 0.0141. The summed E-state index contributed by atoms with van der Waals surface area (Å²) < 4.78 is 22.5. The predicted molar refractivity (Wildman–Crippen MR) is 70.6 cm³/mol. The van der Waals surface area contributed by atoms with Gasteiger partial charge in [-0.1, -0.05) is 18.2 Å². The number of benzene rings is 2. The average Bonchev–Trinajstić information content (AvgIpc) is 2.38. The lowest BCUT2D eigenvalue weighted by Gasteiger charge is -2.04. The van der Waals surface area contributed by atoms with Crippen LogP contribution in [0.15, 0.2) is 47.4 Å². The molecule has 1 radical (unpaired) electrons. The standard InChI is InChI=1S/C13H11N2O3S/c14-13(16)10-6-4-9(5-7-10)11-2-1-3-12(8-11)19(15,17)18/h1,3-8H,(H2,14,16)(H2,15,17,18). The molecule has 1 amide bonds. The van der Waals surface area contributed by atoms with Crippen LogP contribution in [-0.2, 0) is 10.0 Å². The van der Waals surface area contributed by atoms with E-state index in [2.05, 4.69) is 6.07 Å². The zero-order chi connectivity index (χ0) is 14.0. The van der Waals surface area contributed by atoms with E-state index in [1.807, 2.05) is 0 Å². The van der Waals surface area contributed by atoms with Crippen LogP contribution in [-0.4, -0.2) is 14.3 Å². The topological polar surface area (TPSA) is 103 Å². The molecule has 97 valence electrons. The van der Waals surface area contributed by atoms with Gasteiger partial charge < -0.3 is 5.73 Å². The smallest absolute Gasteiger partial charge is 0.248 e. The van der Waals surface area contributed by atoms with Gasteiger partial charge in [0.05, 0.1) is 4.90 Å². The van der Waals surface area contributed by atoms with E-state index < -0.39 is 15.9 Å². The van der Waals surface area contributed by atoms with Crippen molar-refractivity contribution in [3.8, 4) is 11.1 Å². The number of sulfonamides is 1. The van der Waals surface area contributed by atoms with Crippen molar-refractivity contribution in [2.45, 2.75) is 4.90 Å². The van der Waals surface area contributed by atoms with E-state index in [1.165, 1.54) is 18.2 Å². The molecule has 6 heteroatoms. The first-order valence-corrected chi connectivity index (χ1v) is 6.87. The van der Waals surface area contributed by atoms with Gasteiger partial charge in [0.1, 0.15) is 0 Å². The van der Waals surface area contributed by atoms with E-state index >= 15 is 0 Å². The Morgan fingerprint density at radius 3 is 2.26 bits per heavy atom. The summed E-state index contributed by atoms with van der Waals surface area (Å²) in [6.45, 7) is 0. The molecule has 0 spiro atoms. The van der Waals surface area contributed by atoms with Gasteiger partial charge in [-0.15, -0.1) is 0 Å². The van der Waals surface area contributed by atoms with Gasteiger partial charge in [-0.3, -0.25) is 4.79 Å². The lowest BCUT2D eigenvalue weighted by atomic mass is 10.0. The predicted octanol–water partition coefficient (Wildman–Crippen LogP) is 0.900. The summed E-state index contributed by atoms with van der Waals surface area (Å²) in [7, 11) is -3.75. The number of hydrogen-bond acceptors (Lipinski definition) is 3. The highest BCUT2D eigenvalue weighted by Crippen LogP contribution is 2.21. The van der Waals surface area contributed by atoms with Gasteiger partial charge in [-0.25, -0.2) is 13.6 Å². The molecule has 2 rings (SSSR count). The highest BCUT2D eigenvalue weighted by molar-refractivity contribution is 7.89. The molecule has 0 aromatic heterocycles. The Morgan fingerprint density at radius 2 is 1.74 bits per heavy atom. The molecule has 0 atom stereocenters. The molecule has 0 heterocycles. The van der Waals surface area contributed by atoms with Crippen molar-refractivity contribution in [2.24, 2.45) is 10.9 Å². The fourth-order valence-electron chi connectivity index (χ4n) is 1.60. The van der Waals surface area contributed by atoms with Crippen molar-refractivity contribution in [3.05, 3.63) is 54.1 Å². The number of rotatable bonds is 3. The van der Waals surface area contributed by atoms with Crippen molar-refractivity contribution in [3.63, 3.8) is 0 Å². The Kier molecular flexibility index (Phi) is 3.37. The molecule has 0 aliphatic rings. The largest absolute Gasteiger partial charge is 0.366 e. The SMILES string of the molecule is NC(=O)c1ccc(-c2[c]ccc(S(N)(=O)=O)c2)cc1. The summed E-state index contributed by atoms with van der Waals surface area (Å²) in [5, 5.41) is 5.06. The summed E-state index contributed by atoms with van der Waals surface area (Å²) in [5.74, 6) is -0.520. The summed E-state index contributed by atoms with van der Waals surface area (Å²) >= 11 is 0. The summed E-state index contributed by atoms with van der Waals surface area (Å²) in [5.41, 5.74) is 6.81. The Balaban J connectivity index is 2.45. The third-order valence-electron chi connectivity index (χ3n) is 2.58. The van der Waals surface area contributed by atoms with Gasteiger partial charge in [0.15, 0.2) is 0 Å². The molecule has 0 aliphatic carbocycles. The molecule has 0 saturated carbocycles. The summed E-state index contributed by atoms with van der Waals surface area (Å²) in [6.07, 6.45) is 0. The van der Waals surface area contributed by atoms with Crippen LogP contribution in [0.25, 0.3) is 11.1 Å². The van der Waals surface area contributed by atoms with Crippen molar-refractivity contribution >= 4 is 15.9 Å². The maximum atomic E-state index is 11.3. The number of nitrogens with two attached hydrogens (primary N) is 2. The van der Waals surface area contributed by atoms with Crippen LogP contribution < -0.4 is 10.9 Å². The third kappa shape index (κ3) is 2.98. The first kappa shape index (κ1) is 13.3. The van der Waals surface area contributed by atoms with Gasteiger partial charge in [0.25, 0.3) is 0 Å². The molecule has 0 fully saturated rings. The number of carbonyl (C=O) groups excluding carboxylic acids is 1. The van der Waals surface area contributed by atoms with E-state index in [1.54, 1.807) is 24.3 Å². The number of amides is 1. The lowest BCUT2D eigenvalue weighted by Crippen LogP contribution is -2.12. The third-order valence-corrected chi connectivity index (χ3v) is 3.49. The Hall–Kier alpha value is -2.18. The van der Waals surface area contributed by atoms with Gasteiger partial charge in [-0.05, 0) is 41.5 Å². The van der Waals surface area contributed by atoms with Crippen LogP contribution in [0.5, 0.6) is 0 Å². The normalized spacial score (nSPS) is 11.2. The van der Waals surface area contributed by atoms with Gasteiger partial charge in [0, 0.05) is 5.56 Å². The van der Waals surface area contributed by atoms with E-state index in [0.29, 0.717) is 11.1 Å². The van der Waals surface area contributed by atoms with E-state index in [9.17, 15) is 13.2 Å². The fraction of sp³-hybridized carbons (Fsp3) is 0. The zero-order valence-corrected chi connectivity index (χ0v) is 10.6. The highest BCUT2D eigenvalue weighted by Gasteiger charge is 2.09. The highest BCUT2D eigenvalue weighted by atomic mass is 32.2. The number of carbonyl (C=O) groups is 1. The first-order chi connectivity index (χ1) is 8.88. The molecule has 0 unspecified atom stereocenters. The number of primary amides is 1. The van der Waals surface area contributed by atoms with E-state index in [4.69, 9.17) is 10.9 Å². The minimum Gasteiger partial charge on any atom is -0.366 e. The van der Waals surface area contributed by atoms with Gasteiger partial charge >= 0.3 is 0 Å². The van der Waals surface area contributed by atoms with Gasteiger partial charge in [0.2, 0.25) is 15.9 Å². The van der Waals surface area contributed by atoms with E-state index in [0.717, 1.165) is 5.56 Å². The van der Waals surface area contributed by atoms with Crippen molar-refractivity contribution in [1.82, 2.24) is 0 Å². The second-order valence-electron chi connectivity index (χ2n) is 3.92. The quantitative estimate of drug-likeness (QED) is 0.869. The molecular weight excluding hydrogens is 264 g/mol. The maximum absolute atomic E-state index is 11.3. The van der Waals surface area contributed by atoms with Crippen LogP contribution in [0.3, 0.4) is 0 Å². The van der Waals surface area contributed by atoms with Crippen molar-refractivity contribution < 1.29 is 13.2 Å². The van der Waals surface area contributed by atoms with Gasteiger partial charge in [-0.2, -0.15) is 0 Å². The monoisotopic (exact) mass is 275 g/mol. The van der Waals surface area contributed by atoms with Crippen LogP contribution >= 0.6 is 0 Å². The number of hydrogen-bond donors (Lipinski definition) is 2. The van der Waals surface area contributed by atoms with E-state index in [-0.39, 0.29) is 4.90 Å². The first-order valence-electron chi connectivity index (χ1n) is 5.33. The number of primary sulfonamides is 1. The molecule has 0 saturated heterocycles. The van der Waals surface area contributed by atoms with Crippen LogP contribution in [0, 0.1) is 6.07 Å². The molecule has 5 nitrogen and oxygen atoms in total. The van der Waals surface area contributed by atoms with Crippen LogP contribution in [0.4, 0.5) is 0 Å². The Bertz CT molecular complexity index is 722. The second-order valence-corrected chi connectivity index (χ2v) is 5.49. The molecule has 0 aliphatic heterocycles. The van der Waals surface area contributed by atoms with Crippen LogP contribution in [0.1, 0.15) is 10.4 Å². The zero-order valence-electron chi connectivity index (χ0n) is 9.83. The van der Waals surface area contributed by atoms with Crippen molar-refractivity contribution in [1.29, 1.82) is 0 Å². The summed E-state index contributed by atoms with van der Waals surface area (Å²) in [6, 6.07) is 13.6. The molecule has 2 aromatic rings. The van der Waals surface area contributed by atoms with Crippen molar-refractivity contribution in [2.75, 3.05) is 0 Å². The molecule has 0 bridgehead atoms. The maximum Gasteiger partial charge on any atom is 0.248 e. The molecule has 4 N–H and O–H groups in total. The molecule has 19 heavy (non-hydrogen) atoms. The Morgan fingerprint density at radius 1 is 1.11 bits per heavy atom.